The van der Waals surface area contributed by atoms with E-state index in [2.05, 4.69) is 16.0 Å². The zero-order valence-corrected chi connectivity index (χ0v) is 17.2. The number of rotatable bonds is 13. The fourth-order valence-corrected chi connectivity index (χ4v) is 2.34. The number of amides is 3. The Bertz CT molecular complexity index is 609. The summed E-state index contributed by atoms with van der Waals surface area (Å²) in [5.74, 6) is -4.80. The predicted octanol–water partition coefficient (Wildman–Crippen LogP) is -0.949. The van der Waals surface area contributed by atoms with Crippen molar-refractivity contribution in [2.45, 2.75) is 65.1 Å². The summed E-state index contributed by atoms with van der Waals surface area (Å²) in [4.78, 5) is 58.2. The molecule has 11 heteroatoms. The van der Waals surface area contributed by atoms with Gasteiger partial charge in [-0.15, -0.1) is 0 Å². The molecule has 0 aromatic rings. The Kier molecular flexibility index (Phi) is 11.5. The van der Waals surface area contributed by atoms with Gasteiger partial charge >= 0.3 is 11.9 Å². The van der Waals surface area contributed by atoms with E-state index < -0.39 is 60.8 Å². The highest BCUT2D eigenvalue weighted by Gasteiger charge is 2.28. The summed E-state index contributed by atoms with van der Waals surface area (Å²) < 4.78 is 0. The maximum Gasteiger partial charge on any atom is 0.326 e. The van der Waals surface area contributed by atoms with Crippen LogP contribution in [0.25, 0.3) is 0 Å². The highest BCUT2D eigenvalue weighted by atomic mass is 16.4. The first kappa shape index (κ1) is 26.3. The lowest BCUT2D eigenvalue weighted by Gasteiger charge is -2.25. The van der Waals surface area contributed by atoms with Gasteiger partial charge in [0.25, 0.3) is 0 Å². The quantitative estimate of drug-likeness (QED) is 0.221. The van der Waals surface area contributed by atoms with E-state index in [4.69, 9.17) is 15.9 Å². The number of aliphatic carboxylic acids is 2. The van der Waals surface area contributed by atoms with Crippen LogP contribution in [0.15, 0.2) is 0 Å². The van der Waals surface area contributed by atoms with Crippen LogP contribution in [0.1, 0.15) is 47.0 Å². The van der Waals surface area contributed by atoms with Gasteiger partial charge in [0.05, 0.1) is 12.6 Å². The lowest BCUT2D eigenvalue weighted by atomic mass is 9.97. The van der Waals surface area contributed by atoms with Gasteiger partial charge < -0.3 is 31.9 Å². The fourth-order valence-electron chi connectivity index (χ4n) is 2.34. The van der Waals surface area contributed by atoms with Crippen LogP contribution in [0.2, 0.25) is 0 Å². The average Bonchev–Trinajstić information content (AvgIpc) is 2.65. The van der Waals surface area contributed by atoms with Crippen LogP contribution in [0.5, 0.6) is 0 Å². The van der Waals surface area contributed by atoms with E-state index in [0.717, 1.165) is 0 Å². The summed E-state index contributed by atoms with van der Waals surface area (Å²) in [5, 5.41) is 24.7. The second-order valence-corrected chi connectivity index (χ2v) is 7.25. The third-order valence-electron chi connectivity index (χ3n) is 4.51. The Morgan fingerprint density at radius 1 is 0.966 bits per heavy atom. The van der Waals surface area contributed by atoms with E-state index in [9.17, 15) is 24.0 Å². The van der Waals surface area contributed by atoms with Crippen LogP contribution in [-0.4, -0.2) is 64.5 Å². The summed E-state index contributed by atoms with van der Waals surface area (Å²) in [6.45, 7) is 6.62. The summed E-state index contributed by atoms with van der Waals surface area (Å²) in [6, 6.07) is -3.08. The number of carboxylic acid groups (broad SMARTS) is 2. The predicted molar refractivity (Wildman–Crippen MR) is 104 cm³/mol. The Labute approximate surface area is 169 Å². The molecule has 0 aliphatic carbocycles. The van der Waals surface area contributed by atoms with Crippen molar-refractivity contribution in [3.63, 3.8) is 0 Å². The molecular weight excluding hydrogens is 384 g/mol. The van der Waals surface area contributed by atoms with Crippen molar-refractivity contribution in [1.82, 2.24) is 16.0 Å². The Balaban J connectivity index is 4.79. The van der Waals surface area contributed by atoms with Crippen LogP contribution in [0.4, 0.5) is 0 Å². The third kappa shape index (κ3) is 9.88. The Morgan fingerprint density at radius 2 is 1.55 bits per heavy atom. The highest BCUT2D eigenvalue weighted by Crippen LogP contribution is 2.08. The van der Waals surface area contributed by atoms with Crippen molar-refractivity contribution >= 4 is 29.7 Å². The SMILES string of the molecule is CCC(C)C(N)C(=O)NC(C(=O)NCC(=O)NC(CCC(=O)O)C(=O)O)C(C)C. The monoisotopic (exact) mass is 416 g/mol. The van der Waals surface area contributed by atoms with Crippen LogP contribution in [0.3, 0.4) is 0 Å². The zero-order chi connectivity index (χ0) is 22.7. The largest absolute Gasteiger partial charge is 0.481 e. The molecular formula is C18H32N4O7. The van der Waals surface area contributed by atoms with E-state index in [1.165, 1.54) is 0 Å². The number of carbonyl (C=O) groups is 5. The van der Waals surface area contributed by atoms with Gasteiger partial charge in [-0.1, -0.05) is 34.1 Å². The maximum absolute atomic E-state index is 12.4. The molecule has 0 aliphatic heterocycles. The van der Waals surface area contributed by atoms with Gasteiger partial charge in [-0.3, -0.25) is 19.2 Å². The van der Waals surface area contributed by atoms with Crippen molar-refractivity contribution < 1.29 is 34.2 Å². The molecule has 0 aromatic heterocycles. The molecule has 0 saturated heterocycles. The lowest BCUT2D eigenvalue weighted by Crippen LogP contribution is -2.56. The molecule has 4 unspecified atom stereocenters. The Hall–Kier alpha value is -2.69. The molecule has 0 rings (SSSR count). The molecule has 0 heterocycles. The molecule has 0 aliphatic rings. The highest BCUT2D eigenvalue weighted by molar-refractivity contribution is 5.92. The van der Waals surface area contributed by atoms with Gasteiger partial charge in [-0.05, 0) is 18.3 Å². The van der Waals surface area contributed by atoms with Gasteiger partial charge in [-0.25, -0.2) is 4.79 Å². The van der Waals surface area contributed by atoms with E-state index in [1.54, 1.807) is 13.8 Å². The number of nitrogens with two attached hydrogens (primary N) is 1. The van der Waals surface area contributed by atoms with Crippen molar-refractivity contribution in [2.75, 3.05) is 6.54 Å². The molecule has 7 N–H and O–H groups in total. The molecule has 0 aromatic carbocycles. The molecule has 29 heavy (non-hydrogen) atoms. The molecule has 0 radical (unpaired) electrons. The van der Waals surface area contributed by atoms with Crippen LogP contribution in [0, 0.1) is 11.8 Å². The molecule has 3 amide bonds. The second-order valence-electron chi connectivity index (χ2n) is 7.25. The van der Waals surface area contributed by atoms with Crippen LogP contribution < -0.4 is 21.7 Å². The molecule has 4 atom stereocenters. The summed E-state index contributed by atoms with van der Waals surface area (Å²) >= 11 is 0. The van der Waals surface area contributed by atoms with Gasteiger partial charge in [0.2, 0.25) is 17.7 Å². The van der Waals surface area contributed by atoms with Gasteiger partial charge in [-0.2, -0.15) is 0 Å². The summed E-state index contributed by atoms with van der Waals surface area (Å²) in [6.07, 6.45) is -0.0239. The smallest absolute Gasteiger partial charge is 0.326 e. The van der Waals surface area contributed by atoms with Crippen molar-refractivity contribution in [3.8, 4) is 0 Å². The number of carbonyl (C=O) groups excluding carboxylic acids is 3. The van der Waals surface area contributed by atoms with E-state index in [-0.39, 0.29) is 18.3 Å². The first-order valence-corrected chi connectivity index (χ1v) is 9.48. The number of hydrogen-bond donors (Lipinski definition) is 6. The second kappa shape index (κ2) is 12.7. The minimum Gasteiger partial charge on any atom is -0.481 e. The van der Waals surface area contributed by atoms with Crippen molar-refractivity contribution in [1.29, 1.82) is 0 Å². The Morgan fingerprint density at radius 3 is 2.00 bits per heavy atom. The third-order valence-corrected chi connectivity index (χ3v) is 4.51. The first-order valence-electron chi connectivity index (χ1n) is 9.48. The summed E-state index contributed by atoms with van der Waals surface area (Å²) in [5.41, 5.74) is 5.87. The molecule has 0 fully saturated rings. The van der Waals surface area contributed by atoms with E-state index in [0.29, 0.717) is 6.42 Å². The topological polar surface area (TPSA) is 188 Å². The molecule has 11 nitrogen and oxygen atoms in total. The molecule has 0 bridgehead atoms. The fraction of sp³-hybridized carbons (Fsp3) is 0.722. The number of nitrogens with one attached hydrogen (secondary N) is 3. The van der Waals surface area contributed by atoms with Gasteiger partial charge in [0.1, 0.15) is 12.1 Å². The number of carboxylic acids is 2. The lowest BCUT2D eigenvalue weighted by molar-refractivity contribution is -0.143. The van der Waals surface area contributed by atoms with Gasteiger partial charge in [0, 0.05) is 6.42 Å². The molecule has 166 valence electrons. The van der Waals surface area contributed by atoms with Gasteiger partial charge in [0.15, 0.2) is 0 Å². The van der Waals surface area contributed by atoms with E-state index in [1.807, 2.05) is 13.8 Å². The molecule has 0 saturated carbocycles. The van der Waals surface area contributed by atoms with Crippen molar-refractivity contribution in [3.05, 3.63) is 0 Å². The average molecular weight is 416 g/mol. The number of hydrogen-bond acceptors (Lipinski definition) is 6. The van der Waals surface area contributed by atoms with Crippen LogP contribution >= 0.6 is 0 Å². The zero-order valence-electron chi connectivity index (χ0n) is 17.2. The maximum atomic E-state index is 12.4. The van der Waals surface area contributed by atoms with Crippen LogP contribution in [-0.2, 0) is 24.0 Å². The van der Waals surface area contributed by atoms with Crippen molar-refractivity contribution in [2.24, 2.45) is 17.6 Å². The summed E-state index contributed by atoms with van der Waals surface area (Å²) in [7, 11) is 0. The molecule has 0 spiro atoms. The standard InChI is InChI=1S/C18H32N4O7/c1-5-10(4)14(19)16(26)22-15(9(2)3)17(27)20-8-12(23)21-11(18(28)29)6-7-13(24)25/h9-11,14-15H,5-8,19H2,1-4H3,(H,20,27)(H,21,23)(H,22,26)(H,24,25)(H,28,29). The normalized spacial score (nSPS) is 15.0. The van der Waals surface area contributed by atoms with E-state index >= 15 is 0 Å². The minimum absolute atomic E-state index is 0.0737. The first-order chi connectivity index (χ1) is 13.4. The minimum atomic E-state index is -1.38.